The van der Waals surface area contributed by atoms with Gasteiger partial charge in [-0.15, -0.1) is 0 Å². The third-order valence-electron chi connectivity index (χ3n) is 2.54. The highest BCUT2D eigenvalue weighted by atomic mass is 16.5. The van der Waals surface area contributed by atoms with E-state index in [2.05, 4.69) is 15.3 Å². The summed E-state index contributed by atoms with van der Waals surface area (Å²) in [5.74, 6) is 2.28. The summed E-state index contributed by atoms with van der Waals surface area (Å²) in [6.07, 6.45) is 4.24. The average Bonchev–Trinajstić information content (AvgIpc) is 2.42. The van der Waals surface area contributed by atoms with E-state index in [0.29, 0.717) is 5.75 Å². The molecule has 0 atom stereocenters. The Morgan fingerprint density at radius 3 is 2.28 bits per heavy atom. The Labute approximate surface area is 107 Å². The van der Waals surface area contributed by atoms with Crippen LogP contribution in [0.4, 0.5) is 0 Å². The SMILES string of the molecule is CCc1ncc(Oc2ccc(CNC)cc2)cn1. The molecule has 1 N–H and O–H groups in total. The fraction of sp³-hybridized carbons (Fsp3) is 0.286. The Balaban J connectivity index is 2.03. The van der Waals surface area contributed by atoms with Crippen molar-refractivity contribution in [2.75, 3.05) is 7.05 Å². The van der Waals surface area contributed by atoms with E-state index in [1.54, 1.807) is 12.4 Å². The predicted octanol–water partition coefficient (Wildman–Crippen LogP) is 2.55. The van der Waals surface area contributed by atoms with Crippen LogP contribution in [0.5, 0.6) is 11.5 Å². The molecule has 0 amide bonds. The second-order valence-corrected chi connectivity index (χ2v) is 3.96. The Kier molecular flexibility index (Phi) is 4.25. The number of nitrogens with one attached hydrogen (secondary N) is 1. The van der Waals surface area contributed by atoms with Gasteiger partial charge in [-0.1, -0.05) is 19.1 Å². The molecule has 1 aromatic carbocycles. The van der Waals surface area contributed by atoms with E-state index >= 15 is 0 Å². The van der Waals surface area contributed by atoms with Gasteiger partial charge >= 0.3 is 0 Å². The number of hydrogen-bond donors (Lipinski definition) is 1. The standard InChI is InChI=1S/C14H17N3O/c1-3-14-16-9-13(10-17-14)18-12-6-4-11(5-7-12)8-15-2/h4-7,9-10,15H,3,8H2,1-2H3. The van der Waals surface area contributed by atoms with Crippen LogP contribution in [0.25, 0.3) is 0 Å². The second kappa shape index (κ2) is 6.12. The molecule has 0 radical (unpaired) electrons. The minimum absolute atomic E-state index is 0.661. The van der Waals surface area contributed by atoms with Gasteiger partial charge in [0.2, 0.25) is 0 Å². The number of rotatable bonds is 5. The van der Waals surface area contributed by atoms with E-state index in [4.69, 9.17) is 4.74 Å². The van der Waals surface area contributed by atoms with Crippen LogP contribution in [0, 0.1) is 0 Å². The Bertz CT molecular complexity index is 479. The van der Waals surface area contributed by atoms with Crippen LogP contribution < -0.4 is 10.1 Å². The number of nitrogens with zero attached hydrogens (tertiary/aromatic N) is 2. The van der Waals surface area contributed by atoms with Crippen molar-refractivity contribution in [3.63, 3.8) is 0 Å². The highest BCUT2D eigenvalue weighted by molar-refractivity contribution is 5.31. The summed E-state index contributed by atoms with van der Waals surface area (Å²) in [6.45, 7) is 2.88. The first-order valence-electron chi connectivity index (χ1n) is 6.04. The lowest BCUT2D eigenvalue weighted by atomic mass is 10.2. The van der Waals surface area contributed by atoms with Gasteiger partial charge in [0.25, 0.3) is 0 Å². The van der Waals surface area contributed by atoms with Crippen molar-refractivity contribution in [1.29, 1.82) is 0 Å². The van der Waals surface area contributed by atoms with Crippen molar-refractivity contribution < 1.29 is 4.74 Å². The van der Waals surface area contributed by atoms with Gasteiger partial charge in [-0.2, -0.15) is 0 Å². The molecule has 1 heterocycles. The first kappa shape index (κ1) is 12.5. The molecule has 0 aliphatic rings. The molecule has 1 aromatic heterocycles. The van der Waals surface area contributed by atoms with Crippen LogP contribution in [-0.2, 0) is 13.0 Å². The first-order valence-corrected chi connectivity index (χ1v) is 6.04. The highest BCUT2D eigenvalue weighted by Gasteiger charge is 1.99. The quantitative estimate of drug-likeness (QED) is 0.876. The van der Waals surface area contributed by atoms with Crippen molar-refractivity contribution >= 4 is 0 Å². The fourth-order valence-electron chi connectivity index (χ4n) is 1.59. The van der Waals surface area contributed by atoms with Crippen LogP contribution >= 0.6 is 0 Å². The molecule has 0 aliphatic heterocycles. The van der Waals surface area contributed by atoms with Gasteiger partial charge < -0.3 is 10.1 Å². The van der Waals surface area contributed by atoms with Crippen molar-refractivity contribution in [2.24, 2.45) is 0 Å². The van der Waals surface area contributed by atoms with Gasteiger partial charge in [-0.05, 0) is 24.7 Å². The molecule has 0 bridgehead atoms. The lowest BCUT2D eigenvalue weighted by Gasteiger charge is -2.06. The number of benzene rings is 1. The van der Waals surface area contributed by atoms with Crippen molar-refractivity contribution in [3.8, 4) is 11.5 Å². The number of aromatic nitrogens is 2. The van der Waals surface area contributed by atoms with Crippen LogP contribution in [0.2, 0.25) is 0 Å². The molecule has 4 heteroatoms. The highest BCUT2D eigenvalue weighted by Crippen LogP contribution is 2.20. The zero-order valence-corrected chi connectivity index (χ0v) is 10.7. The molecule has 2 rings (SSSR count). The van der Waals surface area contributed by atoms with Gasteiger partial charge in [0.15, 0.2) is 5.75 Å². The second-order valence-electron chi connectivity index (χ2n) is 3.96. The maximum absolute atomic E-state index is 5.67. The van der Waals surface area contributed by atoms with E-state index < -0.39 is 0 Å². The van der Waals surface area contributed by atoms with E-state index in [1.165, 1.54) is 5.56 Å². The molecule has 0 aliphatic carbocycles. The summed E-state index contributed by atoms with van der Waals surface area (Å²) in [7, 11) is 1.93. The van der Waals surface area contributed by atoms with E-state index in [0.717, 1.165) is 24.5 Å². The lowest BCUT2D eigenvalue weighted by Crippen LogP contribution is -2.04. The summed E-state index contributed by atoms with van der Waals surface area (Å²) in [6, 6.07) is 7.96. The van der Waals surface area contributed by atoms with Gasteiger partial charge in [-0.25, -0.2) is 9.97 Å². The van der Waals surface area contributed by atoms with Gasteiger partial charge in [0.05, 0.1) is 12.4 Å². The topological polar surface area (TPSA) is 47.0 Å². The molecule has 2 aromatic rings. The van der Waals surface area contributed by atoms with Gasteiger partial charge in [0, 0.05) is 13.0 Å². The Hall–Kier alpha value is -1.94. The fourth-order valence-corrected chi connectivity index (χ4v) is 1.59. The van der Waals surface area contributed by atoms with Gasteiger partial charge in [-0.3, -0.25) is 0 Å². The molecule has 18 heavy (non-hydrogen) atoms. The summed E-state index contributed by atoms with van der Waals surface area (Å²) in [5, 5.41) is 3.10. The number of hydrogen-bond acceptors (Lipinski definition) is 4. The lowest BCUT2D eigenvalue weighted by molar-refractivity contribution is 0.476. The maximum Gasteiger partial charge on any atom is 0.164 e. The Morgan fingerprint density at radius 1 is 1.06 bits per heavy atom. The molecular weight excluding hydrogens is 226 g/mol. The number of aryl methyl sites for hydroxylation is 1. The summed E-state index contributed by atoms with van der Waals surface area (Å²) >= 11 is 0. The van der Waals surface area contributed by atoms with E-state index in [-0.39, 0.29) is 0 Å². The van der Waals surface area contributed by atoms with Gasteiger partial charge in [0.1, 0.15) is 11.6 Å². The number of ether oxygens (including phenoxy) is 1. The molecule has 0 unspecified atom stereocenters. The third kappa shape index (κ3) is 3.28. The van der Waals surface area contributed by atoms with Crippen LogP contribution in [0.3, 0.4) is 0 Å². The predicted molar refractivity (Wildman–Crippen MR) is 70.7 cm³/mol. The van der Waals surface area contributed by atoms with Crippen molar-refractivity contribution in [1.82, 2.24) is 15.3 Å². The third-order valence-corrected chi connectivity index (χ3v) is 2.54. The molecule has 0 saturated carbocycles. The first-order chi connectivity index (χ1) is 8.81. The minimum Gasteiger partial charge on any atom is -0.454 e. The van der Waals surface area contributed by atoms with E-state index in [1.807, 2.05) is 38.2 Å². The van der Waals surface area contributed by atoms with Crippen molar-refractivity contribution in [2.45, 2.75) is 19.9 Å². The zero-order chi connectivity index (χ0) is 12.8. The van der Waals surface area contributed by atoms with Crippen LogP contribution in [0.15, 0.2) is 36.7 Å². The average molecular weight is 243 g/mol. The largest absolute Gasteiger partial charge is 0.454 e. The summed E-state index contributed by atoms with van der Waals surface area (Å²) < 4.78 is 5.67. The molecular formula is C14H17N3O. The molecule has 94 valence electrons. The molecule has 0 spiro atoms. The smallest absolute Gasteiger partial charge is 0.164 e. The Morgan fingerprint density at radius 2 is 1.72 bits per heavy atom. The normalized spacial score (nSPS) is 10.3. The maximum atomic E-state index is 5.67. The zero-order valence-electron chi connectivity index (χ0n) is 10.7. The monoisotopic (exact) mass is 243 g/mol. The van der Waals surface area contributed by atoms with E-state index in [9.17, 15) is 0 Å². The summed E-state index contributed by atoms with van der Waals surface area (Å²) in [5.41, 5.74) is 1.22. The molecule has 0 saturated heterocycles. The summed E-state index contributed by atoms with van der Waals surface area (Å²) in [4.78, 5) is 8.39. The van der Waals surface area contributed by atoms with Crippen LogP contribution in [-0.4, -0.2) is 17.0 Å². The molecule has 0 fully saturated rings. The van der Waals surface area contributed by atoms with Crippen LogP contribution in [0.1, 0.15) is 18.3 Å². The van der Waals surface area contributed by atoms with Crippen molar-refractivity contribution in [3.05, 3.63) is 48.0 Å². The molecule has 4 nitrogen and oxygen atoms in total. The minimum atomic E-state index is 0.661.